The summed E-state index contributed by atoms with van der Waals surface area (Å²) in [7, 11) is 0. The summed E-state index contributed by atoms with van der Waals surface area (Å²) in [6.07, 6.45) is 5.59. The number of carbonyl (C=O) groups is 1. The van der Waals surface area contributed by atoms with Crippen molar-refractivity contribution in [3.63, 3.8) is 0 Å². The summed E-state index contributed by atoms with van der Waals surface area (Å²) in [5.41, 5.74) is 7.51. The van der Waals surface area contributed by atoms with Crippen LogP contribution in [-0.4, -0.2) is 25.1 Å². The highest BCUT2D eigenvalue weighted by molar-refractivity contribution is 5.78. The first-order valence-corrected chi connectivity index (χ1v) is 8.86. The van der Waals surface area contributed by atoms with Crippen LogP contribution in [0, 0.1) is 24.7 Å². The Balaban J connectivity index is 1.40. The van der Waals surface area contributed by atoms with Gasteiger partial charge in [-0.05, 0) is 56.6 Å². The fraction of sp³-hybridized carbons (Fsp3) is 0.632. The van der Waals surface area contributed by atoms with Crippen molar-refractivity contribution in [2.75, 3.05) is 13.2 Å². The van der Waals surface area contributed by atoms with Gasteiger partial charge in [0.2, 0.25) is 5.91 Å². The summed E-state index contributed by atoms with van der Waals surface area (Å²) in [6.45, 7) is 3.12. The third kappa shape index (κ3) is 4.05. The van der Waals surface area contributed by atoms with Gasteiger partial charge in [0.15, 0.2) is 0 Å². The van der Waals surface area contributed by atoms with Gasteiger partial charge in [0.25, 0.3) is 0 Å². The standard InChI is InChI=1S/C19H28N2O2/c1-13-5-7-17(8-6-13)23-10-9-21-19(22)16-11-14-3-2-4-15(12-16)18(14)20/h5-8,14-16,18H,2-4,9-12,20H2,1H3,(H,21,22). The molecule has 2 atom stereocenters. The van der Waals surface area contributed by atoms with E-state index in [0.717, 1.165) is 18.6 Å². The summed E-state index contributed by atoms with van der Waals surface area (Å²) in [5, 5.41) is 3.03. The van der Waals surface area contributed by atoms with Crippen LogP contribution in [0.15, 0.2) is 24.3 Å². The van der Waals surface area contributed by atoms with Gasteiger partial charge in [-0.1, -0.05) is 24.1 Å². The second-order valence-corrected chi connectivity index (χ2v) is 7.15. The molecule has 3 N–H and O–H groups in total. The highest BCUT2D eigenvalue weighted by Crippen LogP contribution is 2.41. The van der Waals surface area contributed by atoms with Gasteiger partial charge in [-0.15, -0.1) is 0 Å². The maximum Gasteiger partial charge on any atom is 0.223 e. The van der Waals surface area contributed by atoms with Gasteiger partial charge >= 0.3 is 0 Å². The van der Waals surface area contributed by atoms with E-state index < -0.39 is 0 Å². The molecule has 1 aromatic rings. The first-order chi connectivity index (χ1) is 11.1. The first-order valence-electron chi connectivity index (χ1n) is 8.86. The number of nitrogens with one attached hydrogen (secondary N) is 1. The lowest BCUT2D eigenvalue weighted by atomic mass is 9.65. The molecule has 3 rings (SSSR count). The Morgan fingerprint density at radius 1 is 1.22 bits per heavy atom. The smallest absolute Gasteiger partial charge is 0.223 e. The van der Waals surface area contributed by atoms with Crippen molar-refractivity contribution < 1.29 is 9.53 Å². The van der Waals surface area contributed by atoms with Crippen LogP contribution < -0.4 is 15.8 Å². The third-order valence-electron chi connectivity index (χ3n) is 5.47. The predicted molar refractivity (Wildman–Crippen MR) is 91.2 cm³/mol. The fourth-order valence-electron chi connectivity index (χ4n) is 4.13. The number of rotatable bonds is 5. The van der Waals surface area contributed by atoms with E-state index in [4.69, 9.17) is 10.5 Å². The van der Waals surface area contributed by atoms with Crippen LogP contribution in [0.4, 0.5) is 0 Å². The van der Waals surface area contributed by atoms with Gasteiger partial charge in [0.05, 0.1) is 6.54 Å². The van der Waals surface area contributed by atoms with Crippen LogP contribution in [0.5, 0.6) is 5.75 Å². The molecule has 0 aliphatic heterocycles. The van der Waals surface area contributed by atoms with E-state index in [2.05, 4.69) is 12.2 Å². The van der Waals surface area contributed by atoms with Crippen LogP contribution in [0.3, 0.4) is 0 Å². The number of nitrogens with two attached hydrogens (primary N) is 1. The van der Waals surface area contributed by atoms with Gasteiger partial charge in [-0.2, -0.15) is 0 Å². The van der Waals surface area contributed by atoms with Gasteiger partial charge in [-0.3, -0.25) is 4.79 Å². The number of amides is 1. The SMILES string of the molecule is Cc1ccc(OCCNC(=O)C2CC3CCCC(C2)C3N)cc1. The second-order valence-electron chi connectivity index (χ2n) is 7.15. The summed E-state index contributed by atoms with van der Waals surface area (Å²) in [6, 6.07) is 8.29. The van der Waals surface area contributed by atoms with E-state index in [0.29, 0.717) is 31.0 Å². The minimum absolute atomic E-state index is 0.143. The van der Waals surface area contributed by atoms with E-state index in [-0.39, 0.29) is 11.8 Å². The molecule has 2 aliphatic rings. The van der Waals surface area contributed by atoms with Crippen LogP contribution in [0.2, 0.25) is 0 Å². The van der Waals surface area contributed by atoms with Crippen molar-refractivity contribution in [3.05, 3.63) is 29.8 Å². The number of benzene rings is 1. The summed E-state index contributed by atoms with van der Waals surface area (Å²) in [5.74, 6) is 2.26. The molecular weight excluding hydrogens is 288 g/mol. The summed E-state index contributed by atoms with van der Waals surface area (Å²) in [4.78, 5) is 12.4. The molecule has 4 nitrogen and oxygen atoms in total. The van der Waals surface area contributed by atoms with E-state index in [1.165, 1.54) is 24.8 Å². The van der Waals surface area contributed by atoms with Gasteiger partial charge in [0, 0.05) is 12.0 Å². The van der Waals surface area contributed by atoms with Crippen molar-refractivity contribution >= 4 is 5.91 Å². The highest BCUT2D eigenvalue weighted by atomic mass is 16.5. The zero-order chi connectivity index (χ0) is 16.2. The quantitative estimate of drug-likeness (QED) is 0.821. The Morgan fingerprint density at radius 3 is 2.52 bits per heavy atom. The topological polar surface area (TPSA) is 64.3 Å². The molecule has 23 heavy (non-hydrogen) atoms. The molecule has 2 saturated carbocycles. The summed E-state index contributed by atoms with van der Waals surface area (Å²) < 4.78 is 5.66. The number of fused-ring (bicyclic) bond motifs is 2. The summed E-state index contributed by atoms with van der Waals surface area (Å²) >= 11 is 0. The molecule has 1 amide bonds. The molecule has 0 saturated heterocycles. The number of ether oxygens (including phenoxy) is 1. The Bertz CT molecular complexity index is 515. The van der Waals surface area contributed by atoms with E-state index >= 15 is 0 Å². The van der Waals surface area contributed by atoms with Crippen LogP contribution in [-0.2, 0) is 4.79 Å². The molecule has 126 valence electrons. The zero-order valence-electron chi connectivity index (χ0n) is 14.0. The average molecular weight is 316 g/mol. The normalized spacial score (nSPS) is 29.8. The highest BCUT2D eigenvalue weighted by Gasteiger charge is 2.40. The lowest BCUT2D eigenvalue weighted by Gasteiger charge is -2.43. The maximum atomic E-state index is 12.4. The number of carbonyl (C=O) groups excluding carboxylic acids is 1. The monoisotopic (exact) mass is 316 g/mol. The minimum Gasteiger partial charge on any atom is -0.492 e. The Labute approximate surface area is 138 Å². The van der Waals surface area contributed by atoms with E-state index in [9.17, 15) is 4.79 Å². The molecule has 0 radical (unpaired) electrons. The predicted octanol–water partition coefficient (Wildman–Crippen LogP) is 2.64. The van der Waals surface area contributed by atoms with Crippen LogP contribution in [0.1, 0.15) is 37.7 Å². The zero-order valence-corrected chi connectivity index (χ0v) is 14.0. The van der Waals surface area contributed by atoms with Gasteiger partial charge in [-0.25, -0.2) is 0 Å². The molecule has 0 spiro atoms. The number of hydrogen-bond donors (Lipinski definition) is 2. The fourth-order valence-corrected chi connectivity index (χ4v) is 4.13. The van der Waals surface area contributed by atoms with Gasteiger partial charge in [0.1, 0.15) is 12.4 Å². The number of hydrogen-bond acceptors (Lipinski definition) is 3. The Morgan fingerprint density at radius 2 is 1.87 bits per heavy atom. The van der Waals surface area contributed by atoms with E-state index in [1.54, 1.807) is 0 Å². The number of aryl methyl sites for hydroxylation is 1. The largest absolute Gasteiger partial charge is 0.492 e. The lowest BCUT2D eigenvalue weighted by Crippen LogP contribution is -2.49. The molecule has 2 fully saturated rings. The molecule has 2 bridgehead atoms. The maximum absolute atomic E-state index is 12.4. The van der Waals surface area contributed by atoms with Crippen LogP contribution >= 0.6 is 0 Å². The van der Waals surface area contributed by atoms with Crippen molar-refractivity contribution in [3.8, 4) is 5.75 Å². The average Bonchev–Trinajstić information content (AvgIpc) is 2.53. The molecule has 2 unspecified atom stereocenters. The molecule has 1 aromatic carbocycles. The minimum atomic E-state index is 0.143. The molecule has 0 heterocycles. The van der Waals surface area contributed by atoms with Crippen molar-refractivity contribution in [2.45, 2.75) is 45.1 Å². The van der Waals surface area contributed by atoms with Crippen LogP contribution in [0.25, 0.3) is 0 Å². The molecule has 4 heteroatoms. The van der Waals surface area contributed by atoms with Crippen molar-refractivity contribution in [2.24, 2.45) is 23.5 Å². The van der Waals surface area contributed by atoms with E-state index in [1.807, 2.05) is 24.3 Å². The first kappa shape index (κ1) is 16.3. The third-order valence-corrected chi connectivity index (χ3v) is 5.47. The Kier molecular flexibility index (Phi) is 5.21. The van der Waals surface area contributed by atoms with Crippen molar-refractivity contribution in [1.82, 2.24) is 5.32 Å². The lowest BCUT2D eigenvalue weighted by molar-refractivity contribution is -0.128. The molecular formula is C19H28N2O2. The Hall–Kier alpha value is -1.55. The molecule has 2 aliphatic carbocycles. The second kappa shape index (κ2) is 7.35. The van der Waals surface area contributed by atoms with Crippen molar-refractivity contribution in [1.29, 1.82) is 0 Å². The van der Waals surface area contributed by atoms with Gasteiger partial charge < -0.3 is 15.8 Å². The molecule has 0 aromatic heterocycles.